The summed E-state index contributed by atoms with van der Waals surface area (Å²) in [4.78, 5) is 50.3. The van der Waals surface area contributed by atoms with Gasteiger partial charge < -0.3 is 45.1 Å². The highest BCUT2D eigenvalue weighted by atomic mass is 16.6. The number of ether oxygens (including phenoxy) is 3. The number of rotatable bonds is 12. The Kier molecular flexibility index (Phi) is 12.2. The van der Waals surface area contributed by atoms with Gasteiger partial charge in [0.25, 0.3) is 11.7 Å². The number of nitrogens with zero attached hydrogens (tertiary/aromatic N) is 8. The molecule has 334 valence electrons. The Morgan fingerprint density at radius 2 is 1.34 bits per heavy atom. The van der Waals surface area contributed by atoms with Crippen LogP contribution in [0.4, 0.5) is 49.8 Å². The van der Waals surface area contributed by atoms with Gasteiger partial charge in [-0.3, -0.25) is 9.47 Å². The molecule has 19 heteroatoms. The average molecular weight is 885 g/mol. The summed E-state index contributed by atoms with van der Waals surface area (Å²) < 4.78 is 19.1. The molecule has 9 rings (SSSR count). The molecule has 0 saturated carbocycles. The van der Waals surface area contributed by atoms with Crippen LogP contribution in [0.1, 0.15) is 25.1 Å². The lowest BCUT2D eigenvalue weighted by Gasteiger charge is -2.39. The number of aliphatic hydroxyl groups excluding tert-OH is 5. The molecule has 0 radical (unpaired) electrons. The minimum atomic E-state index is -1.66. The molecule has 2 unspecified atom stereocenters. The maximum atomic E-state index is 14.5. The van der Waals surface area contributed by atoms with E-state index in [4.69, 9.17) is 19.2 Å². The summed E-state index contributed by atoms with van der Waals surface area (Å²) in [6.45, 7) is 0.555. The van der Waals surface area contributed by atoms with Gasteiger partial charge in [0.05, 0.1) is 60.2 Å². The van der Waals surface area contributed by atoms with Gasteiger partial charge in [0.2, 0.25) is 30.4 Å². The predicted octanol–water partition coefficient (Wildman–Crippen LogP) is 4.88. The number of aromatic nitrogens is 4. The molecule has 0 aliphatic carbocycles. The molecule has 9 atom stereocenters. The van der Waals surface area contributed by atoms with Crippen molar-refractivity contribution in [3.05, 3.63) is 140 Å². The van der Waals surface area contributed by atoms with Crippen LogP contribution in [0, 0.1) is 0 Å². The first kappa shape index (κ1) is 43.3. The zero-order valence-corrected chi connectivity index (χ0v) is 34.9. The summed E-state index contributed by atoms with van der Waals surface area (Å²) in [6.07, 6.45) is -5.98. The largest absolute Gasteiger partial charge is 0.425 e. The summed E-state index contributed by atoms with van der Waals surface area (Å²) in [7, 11) is 0. The molecule has 19 nitrogen and oxygen atoms in total. The Morgan fingerprint density at radius 3 is 1.86 bits per heavy atom. The van der Waals surface area contributed by atoms with Crippen molar-refractivity contribution >= 4 is 58.7 Å². The van der Waals surface area contributed by atoms with Crippen molar-refractivity contribution in [2.75, 3.05) is 28.3 Å². The van der Waals surface area contributed by atoms with E-state index in [2.05, 4.69) is 20.3 Å². The summed E-state index contributed by atoms with van der Waals surface area (Å²) in [5.74, 6) is -0.483. The van der Waals surface area contributed by atoms with E-state index in [1.165, 1.54) is 22.1 Å². The molecular weight excluding hydrogens is 839 g/mol. The third kappa shape index (κ3) is 8.11. The first-order chi connectivity index (χ1) is 31.6. The molecule has 0 spiro atoms. The number of aliphatic hydroxyl groups is 5. The number of fused-ring (bicyclic) bond motifs is 1. The Bertz CT molecular complexity index is 2570. The van der Waals surface area contributed by atoms with Crippen LogP contribution in [-0.2, 0) is 9.47 Å². The molecule has 6 aromatic rings. The van der Waals surface area contributed by atoms with Gasteiger partial charge >= 0.3 is 12.1 Å². The van der Waals surface area contributed by atoms with E-state index < -0.39 is 78.8 Å². The van der Waals surface area contributed by atoms with Gasteiger partial charge in [0.1, 0.15) is 24.6 Å². The van der Waals surface area contributed by atoms with Crippen LogP contribution in [0.5, 0.6) is 5.88 Å². The van der Waals surface area contributed by atoms with Gasteiger partial charge in [-0.05, 0) is 55.5 Å². The van der Waals surface area contributed by atoms with Crippen LogP contribution in [-0.4, -0.2) is 120 Å². The quantitative estimate of drug-likeness (QED) is 0.0900. The highest BCUT2D eigenvalue weighted by Gasteiger charge is 2.64. The second-order valence-corrected chi connectivity index (χ2v) is 15.7. The predicted molar refractivity (Wildman–Crippen MR) is 237 cm³/mol. The number of anilines is 5. The van der Waals surface area contributed by atoms with E-state index in [-0.39, 0.29) is 29.8 Å². The second-order valence-electron chi connectivity index (χ2n) is 15.7. The molecule has 3 aliphatic heterocycles. The number of carbonyl (C=O) groups is 2. The number of hydrogen-bond donors (Lipinski definition) is 6. The number of aliphatic imine (C=N–C) groups is 1. The zero-order valence-electron chi connectivity index (χ0n) is 34.9. The summed E-state index contributed by atoms with van der Waals surface area (Å²) in [5.41, 5.74) is 2.56. The van der Waals surface area contributed by atoms with Crippen molar-refractivity contribution in [1.82, 2.24) is 24.0 Å². The lowest BCUT2D eigenvalue weighted by atomic mass is 10.1. The van der Waals surface area contributed by atoms with Crippen LogP contribution in [0.15, 0.2) is 139 Å². The van der Waals surface area contributed by atoms with Crippen molar-refractivity contribution in [2.45, 2.75) is 62.4 Å². The van der Waals surface area contributed by atoms with E-state index in [1.54, 1.807) is 66.6 Å². The smallest absolute Gasteiger partial charge is 0.394 e. The second kappa shape index (κ2) is 18.3. The number of imidazole rings is 1. The van der Waals surface area contributed by atoms with Crippen molar-refractivity contribution in [3.8, 4) is 5.88 Å². The molecule has 3 aliphatic rings. The SMILES string of the molecule is CC(Nc1nc(OC(=O)N(c2ccccc2)c2ccccc2)c2c(n1)[N+]([C@@H]1C[C@H](O)[C@@H](CO)O1)([C@@H]1O[C@H](CO)[C@@H](O)[C@H]1O)C=N2)c1cn(C(=O)N(c2ccccc2)c2ccccc2)cn1. The maximum Gasteiger partial charge on any atom is 0.425 e. The summed E-state index contributed by atoms with van der Waals surface area (Å²) in [5, 5.41) is 57.1. The van der Waals surface area contributed by atoms with Crippen LogP contribution in [0.25, 0.3) is 0 Å². The van der Waals surface area contributed by atoms with Crippen LogP contribution in [0.3, 0.4) is 0 Å². The lowest BCUT2D eigenvalue weighted by Crippen LogP contribution is -2.65. The van der Waals surface area contributed by atoms with E-state index in [0.29, 0.717) is 28.4 Å². The zero-order chi connectivity index (χ0) is 45.2. The van der Waals surface area contributed by atoms with Gasteiger partial charge in [0, 0.05) is 6.20 Å². The molecule has 2 amide bonds. The summed E-state index contributed by atoms with van der Waals surface area (Å²) >= 11 is 0. The number of carbonyl (C=O) groups excluding carboxylic acids is 2. The van der Waals surface area contributed by atoms with Crippen molar-refractivity contribution in [3.63, 3.8) is 0 Å². The Labute approximate surface area is 372 Å². The molecule has 65 heavy (non-hydrogen) atoms. The van der Waals surface area contributed by atoms with Crippen LogP contribution < -0.4 is 24.3 Å². The molecule has 2 aromatic heterocycles. The number of hydrogen-bond acceptors (Lipinski definition) is 15. The van der Waals surface area contributed by atoms with Crippen molar-refractivity contribution in [2.24, 2.45) is 4.99 Å². The number of nitrogens with one attached hydrogen (secondary N) is 1. The van der Waals surface area contributed by atoms with E-state index in [1.807, 2.05) is 72.8 Å². The van der Waals surface area contributed by atoms with Gasteiger partial charge in [-0.15, -0.1) is 0 Å². The fourth-order valence-electron chi connectivity index (χ4n) is 8.31. The Hall–Kier alpha value is -6.94. The molecule has 2 saturated heterocycles. The summed E-state index contributed by atoms with van der Waals surface area (Å²) in [6, 6.07) is 34.9. The lowest BCUT2D eigenvalue weighted by molar-refractivity contribution is -0.133. The molecule has 5 heterocycles. The van der Waals surface area contributed by atoms with Gasteiger partial charge in [-0.2, -0.15) is 19.4 Å². The van der Waals surface area contributed by atoms with Gasteiger partial charge in [0.15, 0.2) is 6.10 Å². The molecule has 4 aromatic carbocycles. The standard InChI is InChI=1S/C46H46N9O10/c1-28(33-23-52(26-47-33)45(61)53(29-14-6-2-7-15-29)30-16-8-3-9-17-30)49-44-50-41-38(42(51-44)65-46(62)54(31-18-10-4-11-19-31)32-20-12-5-13-21-32)48-27-55(41,37-22-34(58)35(24-56)63-37)43-40(60)39(59)36(25-57)64-43/h2-21,23,26-28,34-37,39-40,43,56-60H,22,24-25H2,1H3,(H,49,50,51)/q+1/t28?,34-,35+,36+,37-,39+,40+,43+,55?/m0/s1. The number of quaternary nitrogens is 1. The monoisotopic (exact) mass is 884 g/mol. The Balaban J connectivity index is 1.12. The fourth-order valence-corrected chi connectivity index (χ4v) is 8.31. The Morgan fingerprint density at radius 1 is 0.785 bits per heavy atom. The van der Waals surface area contributed by atoms with Crippen LogP contribution in [0.2, 0.25) is 0 Å². The highest BCUT2D eigenvalue weighted by Crippen LogP contribution is 2.50. The minimum Gasteiger partial charge on any atom is -0.394 e. The average Bonchev–Trinajstić information content (AvgIpc) is 4.13. The minimum absolute atomic E-state index is 0.0313. The molecular formula is C46H46N9O10+. The number of amides is 2. The molecule has 6 N–H and O–H groups in total. The third-order valence-corrected chi connectivity index (χ3v) is 11.6. The van der Waals surface area contributed by atoms with Crippen molar-refractivity contribution in [1.29, 1.82) is 0 Å². The third-order valence-electron chi connectivity index (χ3n) is 11.6. The fraction of sp³-hybridized carbons (Fsp3) is 0.261. The van der Waals surface area contributed by atoms with Gasteiger partial charge in [-0.1, -0.05) is 72.8 Å². The molecule has 2 fully saturated rings. The van der Waals surface area contributed by atoms with Gasteiger partial charge in [-0.25, -0.2) is 19.5 Å². The maximum absolute atomic E-state index is 14.5. The van der Waals surface area contributed by atoms with E-state index in [9.17, 15) is 35.1 Å². The molecule has 0 bridgehead atoms. The first-order valence-electron chi connectivity index (χ1n) is 20.9. The normalized spacial score (nSPS) is 24.9. The van der Waals surface area contributed by atoms with E-state index >= 15 is 0 Å². The first-order valence-corrected chi connectivity index (χ1v) is 20.9. The highest BCUT2D eigenvalue weighted by molar-refractivity contribution is 6.01. The number of para-hydroxylation sites is 4. The number of benzene rings is 4. The van der Waals surface area contributed by atoms with E-state index in [0.717, 1.165) is 0 Å². The van der Waals surface area contributed by atoms with Crippen molar-refractivity contribution < 1.29 is 49.3 Å². The topological polar surface area (TPSA) is 237 Å². The van der Waals surface area contributed by atoms with Crippen LogP contribution >= 0.6 is 0 Å².